The molecule has 1 aromatic heterocycles. The van der Waals surface area contributed by atoms with Crippen LogP contribution in [0, 0.1) is 0 Å². The van der Waals surface area contributed by atoms with Crippen molar-refractivity contribution in [3.8, 4) is 0 Å². The zero-order valence-corrected chi connectivity index (χ0v) is 4.61. The van der Waals surface area contributed by atoms with Gasteiger partial charge >= 0.3 is 25.8 Å². The standard InChI is InChI=1S/C6H5NO2.Ga.3H/c8-6(9)5-3-1-2-4-7-5;;;;/h1-4H,(H,8,9);;;;. The van der Waals surface area contributed by atoms with E-state index in [-0.39, 0.29) is 25.5 Å². The van der Waals surface area contributed by atoms with Crippen molar-refractivity contribution in [2.75, 3.05) is 0 Å². The molecule has 0 aromatic carbocycles. The zero-order valence-electron chi connectivity index (χ0n) is 4.61. The number of hydrogen-bond donors (Lipinski definition) is 1. The Balaban J connectivity index is 0.000000810. The summed E-state index contributed by atoms with van der Waals surface area (Å²) in [4.78, 5) is 13.7. The molecule has 0 aliphatic rings. The number of rotatable bonds is 1. The van der Waals surface area contributed by atoms with E-state index in [2.05, 4.69) is 4.98 Å². The average Bonchev–Trinajstić information content (AvgIpc) is 1.90. The molecule has 4 heteroatoms. The SMILES string of the molecule is O=C(O)c1ccccn1.[GaH3]. The molecule has 1 N–H and O–H groups in total. The van der Waals surface area contributed by atoms with Crippen LogP contribution in [0.2, 0.25) is 0 Å². The van der Waals surface area contributed by atoms with Crippen LogP contribution in [-0.2, 0) is 0 Å². The second kappa shape index (κ2) is 4.13. The molecule has 0 aliphatic heterocycles. The summed E-state index contributed by atoms with van der Waals surface area (Å²) in [5, 5.41) is 8.32. The number of carboxylic acids is 1. The summed E-state index contributed by atoms with van der Waals surface area (Å²) in [5.74, 6) is -0.990. The molecule has 0 unspecified atom stereocenters. The second-order valence-electron chi connectivity index (χ2n) is 1.52. The summed E-state index contributed by atoms with van der Waals surface area (Å²) >= 11 is 0. The summed E-state index contributed by atoms with van der Waals surface area (Å²) < 4.78 is 0. The Morgan fingerprint density at radius 1 is 1.50 bits per heavy atom. The topological polar surface area (TPSA) is 50.2 Å². The molecule has 52 valence electrons. The molecule has 1 heterocycles. The Hall–Kier alpha value is -0.744. The molecular weight excluding hydrogens is 188 g/mol. The molecule has 0 saturated carbocycles. The number of hydrogen-bond acceptors (Lipinski definition) is 2. The molecule has 0 fully saturated rings. The monoisotopic (exact) mass is 195 g/mol. The Bertz CT molecular complexity index is 212. The number of carbonyl (C=O) groups is 1. The molecular formula is C6H8GaNO2. The van der Waals surface area contributed by atoms with Gasteiger partial charge in [0, 0.05) is 6.20 Å². The van der Waals surface area contributed by atoms with E-state index in [1.54, 1.807) is 12.1 Å². The number of nitrogens with zero attached hydrogens (tertiary/aromatic N) is 1. The molecule has 1 aromatic rings. The van der Waals surface area contributed by atoms with Gasteiger partial charge in [0.25, 0.3) is 0 Å². The van der Waals surface area contributed by atoms with Crippen molar-refractivity contribution in [3.05, 3.63) is 30.1 Å². The molecule has 0 atom stereocenters. The van der Waals surface area contributed by atoms with Gasteiger partial charge < -0.3 is 5.11 Å². The first-order chi connectivity index (χ1) is 4.30. The van der Waals surface area contributed by atoms with Crippen molar-refractivity contribution < 1.29 is 9.90 Å². The minimum absolute atomic E-state index is 0. The summed E-state index contributed by atoms with van der Waals surface area (Å²) in [6, 6.07) is 4.76. The van der Waals surface area contributed by atoms with Crippen molar-refractivity contribution >= 4 is 25.8 Å². The number of aromatic carboxylic acids is 1. The average molecular weight is 196 g/mol. The van der Waals surface area contributed by atoms with E-state index < -0.39 is 5.97 Å². The molecule has 10 heavy (non-hydrogen) atoms. The van der Waals surface area contributed by atoms with Gasteiger partial charge in [-0.25, -0.2) is 9.78 Å². The van der Waals surface area contributed by atoms with Crippen LogP contribution in [0.4, 0.5) is 0 Å². The minimum atomic E-state index is -0.990. The first-order valence-corrected chi connectivity index (χ1v) is 2.45. The summed E-state index contributed by atoms with van der Waals surface area (Å²) in [7, 11) is 0. The van der Waals surface area contributed by atoms with Crippen molar-refractivity contribution in [1.82, 2.24) is 4.98 Å². The van der Waals surface area contributed by atoms with Gasteiger partial charge in [0.05, 0.1) is 0 Å². The fourth-order valence-electron chi connectivity index (χ4n) is 0.489. The van der Waals surface area contributed by atoms with Gasteiger partial charge in [0.1, 0.15) is 5.69 Å². The van der Waals surface area contributed by atoms with Gasteiger partial charge in [-0.2, -0.15) is 0 Å². The first-order valence-electron chi connectivity index (χ1n) is 2.45. The van der Waals surface area contributed by atoms with Crippen LogP contribution in [-0.4, -0.2) is 35.9 Å². The van der Waals surface area contributed by atoms with Crippen molar-refractivity contribution in [2.45, 2.75) is 0 Å². The molecule has 3 nitrogen and oxygen atoms in total. The number of pyridine rings is 1. The molecule has 0 spiro atoms. The fourth-order valence-corrected chi connectivity index (χ4v) is 0.489. The van der Waals surface area contributed by atoms with Gasteiger partial charge in [-0.15, -0.1) is 0 Å². The van der Waals surface area contributed by atoms with E-state index in [0.717, 1.165) is 0 Å². The molecule has 0 saturated heterocycles. The third-order valence-corrected chi connectivity index (χ3v) is 0.884. The van der Waals surface area contributed by atoms with Crippen LogP contribution >= 0.6 is 0 Å². The van der Waals surface area contributed by atoms with Crippen molar-refractivity contribution in [3.63, 3.8) is 0 Å². The van der Waals surface area contributed by atoms with Gasteiger partial charge in [-0.05, 0) is 12.1 Å². The molecule has 1 rings (SSSR count). The first kappa shape index (κ1) is 9.26. The second-order valence-corrected chi connectivity index (χ2v) is 1.52. The number of aromatic nitrogens is 1. The van der Waals surface area contributed by atoms with Crippen LogP contribution in [0.3, 0.4) is 0 Å². The maximum absolute atomic E-state index is 10.1. The molecule has 0 radical (unpaired) electrons. The van der Waals surface area contributed by atoms with E-state index in [1.807, 2.05) is 0 Å². The van der Waals surface area contributed by atoms with Crippen LogP contribution in [0.5, 0.6) is 0 Å². The summed E-state index contributed by atoms with van der Waals surface area (Å²) in [6.07, 6.45) is 1.45. The quantitative estimate of drug-likeness (QED) is 0.621. The number of carboxylic acid groups (broad SMARTS) is 1. The zero-order chi connectivity index (χ0) is 6.69. The van der Waals surface area contributed by atoms with Crippen LogP contribution in [0.1, 0.15) is 10.5 Å². The van der Waals surface area contributed by atoms with Gasteiger partial charge in [-0.3, -0.25) is 0 Å². The predicted molar refractivity (Wildman–Crippen MR) is 41.1 cm³/mol. The summed E-state index contributed by atoms with van der Waals surface area (Å²) in [6.45, 7) is 0. The molecule has 0 bridgehead atoms. The molecule has 0 aliphatic carbocycles. The van der Waals surface area contributed by atoms with Crippen molar-refractivity contribution in [2.24, 2.45) is 0 Å². The summed E-state index contributed by atoms with van der Waals surface area (Å²) in [5.41, 5.74) is 0.0810. The third kappa shape index (κ3) is 2.24. The maximum atomic E-state index is 10.1. The fraction of sp³-hybridized carbons (Fsp3) is 0. The predicted octanol–water partition coefficient (Wildman–Crippen LogP) is -0.404. The normalized spacial score (nSPS) is 8.00. The van der Waals surface area contributed by atoms with Crippen LogP contribution in [0.15, 0.2) is 24.4 Å². The Labute approximate surface area is 71.2 Å². The van der Waals surface area contributed by atoms with Crippen LogP contribution in [0.25, 0.3) is 0 Å². The van der Waals surface area contributed by atoms with E-state index in [9.17, 15) is 4.79 Å². The van der Waals surface area contributed by atoms with E-state index >= 15 is 0 Å². The van der Waals surface area contributed by atoms with Crippen LogP contribution < -0.4 is 0 Å². The van der Waals surface area contributed by atoms with Gasteiger partial charge in [0.15, 0.2) is 0 Å². The van der Waals surface area contributed by atoms with Gasteiger partial charge in [-0.1, -0.05) is 6.07 Å². The molecule has 0 amide bonds. The third-order valence-electron chi connectivity index (χ3n) is 0.884. The van der Waals surface area contributed by atoms with Gasteiger partial charge in [0.2, 0.25) is 0 Å². The Morgan fingerprint density at radius 2 is 2.20 bits per heavy atom. The van der Waals surface area contributed by atoms with E-state index in [4.69, 9.17) is 5.11 Å². The van der Waals surface area contributed by atoms with Crippen molar-refractivity contribution in [1.29, 1.82) is 0 Å². The Kier molecular flexibility index (Phi) is 3.83. The Morgan fingerprint density at radius 3 is 2.50 bits per heavy atom. The van der Waals surface area contributed by atoms with E-state index in [1.165, 1.54) is 12.3 Å². The van der Waals surface area contributed by atoms with E-state index in [0.29, 0.717) is 0 Å².